The first kappa shape index (κ1) is 31.9. The molecule has 0 radical (unpaired) electrons. The van der Waals surface area contributed by atoms with Gasteiger partial charge in [0.25, 0.3) is 0 Å². The smallest absolute Gasteiger partial charge is 0.0543 e. The molecule has 0 aromatic heterocycles. The Hall–Kier alpha value is -4.10. The lowest BCUT2D eigenvalue weighted by molar-refractivity contribution is 0.569. The van der Waals surface area contributed by atoms with E-state index in [2.05, 4.69) is 190 Å². The summed E-state index contributed by atoms with van der Waals surface area (Å²) in [6.07, 6.45) is 0. The number of nitrogens with zero attached hydrogens (tertiary/aromatic N) is 1. The lowest BCUT2D eigenvalue weighted by atomic mass is 9.78. The third-order valence-electron chi connectivity index (χ3n) is 9.92. The second-order valence-corrected chi connectivity index (χ2v) is 16.9. The van der Waals surface area contributed by atoms with Crippen LogP contribution in [-0.4, -0.2) is 0 Å². The van der Waals surface area contributed by atoms with Crippen molar-refractivity contribution in [2.75, 3.05) is 4.90 Å². The molecule has 1 nitrogen and oxygen atoms in total. The molecular weight excluding hydrogens is 555 g/mol. The SMILES string of the molecule is CC(C)(C)c1ccc(N(c2ccccc2)c2cc3c(cc2-c2cc(C(C)(C)C)cc(C(C)(C)C)c2)-c2ccccc2C3(C)C)cc1. The molecule has 1 aliphatic carbocycles. The predicted molar refractivity (Wildman–Crippen MR) is 200 cm³/mol. The Kier molecular flexibility index (Phi) is 7.63. The highest BCUT2D eigenvalue weighted by atomic mass is 15.1. The predicted octanol–water partition coefficient (Wildman–Crippen LogP) is 13.0. The zero-order valence-electron chi connectivity index (χ0n) is 29.8. The van der Waals surface area contributed by atoms with Crippen LogP contribution in [-0.2, 0) is 21.7 Å². The van der Waals surface area contributed by atoms with Crippen LogP contribution in [0.25, 0.3) is 22.3 Å². The highest BCUT2D eigenvalue weighted by Gasteiger charge is 2.37. The van der Waals surface area contributed by atoms with Gasteiger partial charge in [0.2, 0.25) is 0 Å². The Labute approximate surface area is 278 Å². The first-order valence-corrected chi connectivity index (χ1v) is 16.9. The van der Waals surface area contributed by atoms with Gasteiger partial charge in [0.05, 0.1) is 5.69 Å². The maximum Gasteiger partial charge on any atom is 0.0543 e. The molecular formula is C45H51N. The van der Waals surface area contributed by atoms with Crippen molar-refractivity contribution < 1.29 is 0 Å². The highest BCUT2D eigenvalue weighted by molar-refractivity contribution is 5.95. The van der Waals surface area contributed by atoms with Gasteiger partial charge in [-0.05, 0) is 97.2 Å². The van der Waals surface area contributed by atoms with Crippen LogP contribution in [0.3, 0.4) is 0 Å². The van der Waals surface area contributed by atoms with Crippen molar-refractivity contribution in [2.45, 2.75) is 97.8 Å². The molecule has 0 fully saturated rings. The molecule has 5 aromatic rings. The van der Waals surface area contributed by atoms with Gasteiger partial charge in [0.1, 0.15) is 0 Å². The van der Waals surface area contributed by atoms with Crippen molar-refractivity contribution in [1.29, 1.82) is 0 Å². The Morgan fingerprint density at radius 1 is 0.435 bits per heavy atom. The van der Waals surface area contributed by atoms with E-state index in [9.17, 15) is 0 Å². The quantitative estimate of drug-likeness (QED) is 0.197. The summed E-state index contributed by atoms with van der Waals surface area (Å²) >= 11 is 0. The van der Waals surface area contributed by atoms with Crippen molar-refractivity contribution in [2.24, 2.45) is 0 Å². The van der Waals surface area contributed by atoms with E-state index in [1.165, 1.54) is 55.8 Å². The van der Waals surface area contributed by atoms with Crippen LogP contribution in [0.5, 0.6) is 0 Å². The van der Waals surface area contributed by atoms with Crippen LogP contribution in [0, 0.1) is 0 Å². The first-order valence-electron chi connectivity index (χ1n) is 16.9. The molecule has 0 spiro atoms. The van der Waals surface area contributed by atoms with Crippen molar-refractivity contribution in [1.82, 2.24) is 0 Å². The van der Waals surface area contributed by atoms with Gasteiger partial charge in [-0.3, -0.25) is 0 Å². The van der Waals surface area contributed by atoms with Gasteiger partial charge in [0.15, 0.2) is 0 Å². The van der Waals surface area contributed by atoms with E-state index >= 15 is 0 Å². The largest absolute Gasteiger partial charge is 0.310 e. The lowest BCUT2D eigenvalue weighted by Crippen LogP contribution is -2.18. The Morgan fingerprint density at radius 2 is 0.957 bits per heavy atom. The third-order valence-corrected chi connectivity index (χ3v) is 9.92. The average molecular weight is 606 g/mol. The van der Waals surface area contributed by atoms with Gasteiger partial charge in [-0.15, -0.1) is 0 Å². The summed E-state index contributed by atoms with van der Waals surface area (Å²) in [5, 5.41) is 0. The van der Waals surface area contributed by atoms with E-state index in [4.69, 9.17) is 0 Å². The van der Waals surface area contributed by atoms with E-state index < -0.39 is 0 Å². The molecule has 0 atom stereocenters. The summed E-state index contributed by atoms with van der Waals surface area (Å²) in [7, 11) is 0. The van der Waals surface area contributed by atoms with Crippen molar-refractivity contribution in [3.05, 3.63) is 137 Å². The minimum atomic E-state index is -0.110. The standard InChI is InChI=1S/C45H51N/c1-42(2,3)31-21-23-35(24-22-31)46(34-17-13-12-14-18-34)41-29-40-38(36-19-15-16-20-39(36)45(40,10)11)28-37(41)30-25-32(43(4,5)6)27-33(26-30)44(7,8)9/h12-29H,1-11H3. The molecule has 1 aliphatic rings. The molecule has 236 valence electrons. The molecule has 6 rings (SSSR count). The summed E-state index contributed by atoms with van der Waals surface area (Å²) in [6, 6.07) is 41.4. The minimum absolute atomic E-state index is 0.0173. The van der Waals surface area contributed by atoms with Crippen molar-refractivity contribution >= 4 is 17.1 Å². The molecule has 0 unspecified atom stereocenters. The van der Waals surface area contributed by atoms with E-state index in [-0.39, 0.29) is 21.7 Å². The molecule has 5 aromatic carbocycles. The van der Waals surface area contributed by atoms with Crippen LogP contribution >= 0.6 is 0 Å². The van der Waals surface area contributed by atoms with E-state index in [1.807, 2.05) is 0 Å². The number of rotatable bonds is 4. The van der Waals surface area contributed by atoms with E-state index in [1.54, 1.807) is 0 Å². The molecule has 0 heterocycles. The average Bonchev–Trinajstić information content (AvgIpc) is 3.22. The van der Waals surface area contributed by atoms with Gasteiger partial charge < -0.3 is 4.90 Å². The van der Waals surface area contributed by atoms with Gasteiger partial charge >= 0.3 is 0 Å². The monoisotopic (exact) mass is 605 g/mol. The molecule has 0 saturated carbocycles. The summed E-state index contributed by atoms with van der Waals surface area (Å²) in [5.41, 5.74) is 15.6. The van der Waals surface area contributed by atoms with Crippen LogP contribution in [0.2, 0.25) is 0 Å². The van der Waals surface area contributed by atoms with E-state index in [0.29, 0.717) is 0 Å². The van der Waals surface area contributed by atoms with Crippen LogP contribution < -0.4 is 4.90 Å². The van der Waals surface area contributed by atoms with Gasteiger partial charge in [0, 0.05) is 22.4 Å². The van der Waals surface area contributed by atoms with Crippen molar-refractivity contribution in [3.63, 3.8) is 0 Å². The third kappa shape index (κ3) is 5.70. The number of hydrogen-bond donors (Lipinski definition) is 0. The maximum absolute atomic E-state index is 2.50. The summed E-state index contributed by atoms with van der Waals surface area (Å²) in [5.74, 6) is 0. The number of hydrogen-bond acceptors (Lipinski definition) is 1. The molecule has 0 bridgehead atoms. The molecule has 46 heavy (non-hydrogen) atoms. The van der Waals surface area contributed by atoms with Gasteiger partial charge in [-0.25, -0.2) is 0 Å². The Balaban J connectivity index is 1.71. The fraction of sp³-hybridized carbons (Fsp3) is 0.333. The van der Waals surface area contributed by atoms with Crippen LogP contribution in [0.1, 0.15) is 104 Å². The van der Waals surface area contributed by atoms with Crippen LogP contribution in [0.15, 0.2) is 109 Å². The molecule has 0 saturated heterocycles. The molecule has 0 aliphatic heterocycles. The highest BCUT2D eigenvalue weighted by Crippen LogP contribution is 2.54. The number of para-hydroxylation sites is 1. The summed E-state index contributed by atoms with van der Waals surface area (Å²) in [6.45, 7) is 25.6. The molecule has 1 heteroatoms. The normalized spacial score (nSPS) is 14.2. The fourth-order valence-corrected chi connectivity index (χ4v) is 6.92. The number of benzene rings is 5. The second-order valence-electron chi connectivity index (χ2n) is 16.9. The fourth-order valence-electron chi connectivity index (χ4n) is 6.92. The lowest BCUT2D eigenvalue weighted by Gasteiger charge is -2.32. The zero-order chi connectivity index (χ0) is 33.2. The minimum Gasteiger partial charge on any atom is -0.310 e. The van der Waals surface area contributed by atoms with Crippen LogP contribution in [0.4, 0.5) is 17.1 Å². The van der Waals surface area contributed by atoms with Gasteiger partial charge in [-0.2, -0.15) is 0 Å². The van der Waals surface area contributed by atoms with Gasteiger partial charge in [-0.1, -0.05) is 149 Å². The molecule has 0 N–H and O–H groups in total. The van der Waals surface area contributed by atoms with E-state index in [0.717, 1.165) is 11.4 Å². The number of fused-ring (bicyclic) bond motifs is 3. The second kappa shape index (κ2) is 11.0. The summed E-state index contributed by atoms with van der Waals surface area (Å²) < 4.78 is 0. The number of anilines is 3. The zero-order valence-corrected chi connectivity index (χ0v) is 29.8. The van der Waals surface area contributed by atoms with Crippen molar-refractivity contribution in [3.8, 4) is 22.3 Å². The molecule has 0 amide bonds. The first-order chi connectivity index (χ1) is 21.5. The Morgan fingerprint density at radius 3 is 1.52 bits per heavy atom. The Bertz CT molecular complexity index is 1850. The summed E-state index contributed by atoms with van der Waals surface area (Å²) in [4.78, 5) is 2.47. The topological polar surface area (TPSA) is 3.24 Å². The maximum atomic E-state index is 2.50.